The first-order valence-electron chi connectivity index (χ1n) is 18.9. The maximum atomic E-state index is 13.5. The highest BCUT2D eigenvalue weighted by Crippen LogP contribution is 2.25. The van der Waals surface area contributed by atoms with Crippen molar-refractivity contribution in [2.45, 2.75) is 121 Å². The second-order valence-corrected chi connectivity index (χ2v) is 14.7. The van der Waals surface area contributed by atoms with Crippen LogP contribution in [0.15, 0.2) is 0 Å². The molecule has 10 N–H and O–H groups in total. The number of carboxylic acids is 2. The molecule has 0 aromatic carbocycles. The third kappa shape index (κ3) is 12.9. The van der Waals surface area contributed by atoms with Crippen LogP contribution in [0.5, 0.6) is 0 Å². The molecule has 0 bridgehead atoms. The van der Waals surface area contributed by atoms with E-state index in [1.54, 1.807) is 0 Å². The van der Waals surface area contributed by atoms with E-state index in [1.165, 1.54) is 14.7 Å². The van der Waals surface area contributed by atoms with Gasteiger partial charge in [0.15, 0.2) is 0 Å². The first kappa shape index (κ1) is 45.1. The van der Waals surface area contributed by atoms with Gasteiger partial charge in [-0.2, -0.15) is 0 Å². The number of carbonyl (C=O) groups excluding carboxylic acids is 8. The number of rotatable bonds is 20. The summed E-state index contributed by atoms with van der Waals surface area (Å²) in [6, 6.07) is -6.47. The number of hydrogen-bond acceptors (Lipinski definition) is 11. The van der Waals surface area contributed by atoms with Crippen molar-refractivity contribution in [3.63, 3.8) is 0 Å². The molecule has 56 heavy (non-hydrogen) atoms. The minimum Gasteiger partial charge on any atom is -0.481 e. The Hall–Kier alpha value is -5.34. The number of nitrogens with zero attached hydrogens (tertiary/aromatic N) is 3. The van der Waals surface area contributed by atoms with Crippen molar-refractivity contribution in [2.75, 3.05) is 32.7 Å². The number of carboxylic acid groups (broad SMARTS) is 2. The summed E-state index contributed by atoms with van der Waals surface area (Å²) in [6.45, 7) is 3.19. The zero-order valence-corrected chi connectivity index (χ0v) is 31.8. The molecule has 6 atom stereocenters. The molecule has 3 heterocycles. The lowest BCUT2D eigenvalue weighted by Crippen LogP contribution is -2.56. The Morgan fingerprint density at radius 1 is 0.661 bits per heavy atom. The van der Waals surface area contributed by atoms with Crippen molar-refractivity contribution < 1.29 is 58.2 Å². The standard InChI is InChI=1S/C35H55N9O12/c1-19(2)16-22(41-30(50)20(36)9-12-29(48)49)32(52)39-17-27(46)42-13-3-6-23(42)33(53)40-21(10-11-26(37)45)31(51)38-18-28(47)43-14-4-7-24(43)34(54)44-15-5-8-25(44)35(55)56/h19-25H,3-18,36H2,1-2H3,(H2,37,45)(H,38,51)(H,39,52)(H,40,53)(H,41,50)(H,48,49)(H,55,56)/t20-,21-,22-,23-,24-,25-/m0/s1. The van der Waals surface area contributed by atoms with Crippen LogP contribution in [0, 0.1) is 5.92 Å². The number of amides is 8. The van der Waals surface area contributed by atoms with E-state index < -0.39 is 109 Å². The van der Waals surface area contributed by atoms with Gasteiger partial charge in [-0.25, -0.2) is 4.79 Å². The van der Waals surface area contributed by atoms with Gasteiger partial charge in [-0.3, -0.25) is 43.2 Å². The lowest BCUT2D eigenvalue weighted by Gasteiger charge is -2.30. The summed E-state index contributed by atoms with van der Waals surface area (Å²) in [6.07, 6.45) is 1.49. The second kappa shape index (κ2) is 21.1. The largest absolute Gasteiger partial charge is 0.481 e. The van der Waals surface area contributed by atoms with Gasteiger partial charge in [0, 0.05) is 32.5 Å². The molecule has 0 aliphatic carbocycles. The Morgan fingerprint density at radius 2 is 1.18 bits per heavy atom. The summed E-state index contributed by atoms with van der Waals surface area (Å²) in [5.41, 5.74) is 11.1. The number of primary amides is 1. The normalized spacial score (nSPS) is 20.9. The molecule has 0 spiro atoms. The minimum absolute atomic E-state index is 0.0591. The van der Waals surface area contributed by atoms with E-state index in [-0.39, 0.29) is 64.1 Å². The minimum atomic E-state index is -1.33. The predicted molar refractivity (Wildman–Crippen MR) is 194 cm³/mol. The van der Waals surface area contributed by atoms with Crippen LogP contribution >= 0.6 is 0 Å². The van der Waals surface area contributed by atoms with Gasteiger partial charge in [0.05, 0.1) is 19.1 Å². The number of likely N-dealkylation sites (tertiary alicyclic amines) is 3. The van der Waals surface area contributed by atoms with Gasteiger partial charge in [0.25, 0.3) is 0 Å². The zero-order valence-electron chi connectivity index (χ0n) is 31.8. The topological polar surface area (TPSA) is 321 Å². The fourth-order valence-corrected chi connectivity index (χ4v) is 7.13. The number of carbonyl (C=O) groups is 10. The van der Waals surface area contributed by atoms with E-state index in [9.17, 15) is 53.1 Å². The highest BCUT2D eigenvalue weighted by Gasteiger charge is 2.42. The first-order chi connectivity index (χ1) is 26.4. The molecule has 0 unspecified atom stereocenters. The van der Waals surface area contributed by atoms with Gasteiger partial charge >= 0.3 is 11.9 Å². The average Bonchev–Trinajstić information content (AvgIpc) is 3.94. The fourth-order valence-electron chi connectivity index (χ4n) is 7.13. The molecule has 21 nitrogen and oxygen atoms in total. The smallest absolute Gasteiger partial charge is 0.326 e. The van der Waals surface area contributed by atoms with E-state index in [0.717, 1.165) is 0 Å². The third-order valence-electron chi connectivity index (χ3n) is 10.0. The van der Waals surface area contributed by atoms with Crippen LogP contribution in [0.3, 0.4) is 0 Å². The molecule has 3 rings (SSSR count). The Balaban J connectivity index is 1.59. The molecule has 0 radical (unpaired) electrons. The van der Waals surface area contributed by atoms with E-state index in [1.807, 2.05) is 13.8 Å². The average molecular weight is 794 g/mol. The fraction of sp³-hybridized carbons (Fsp3) is 0.714. The summed E-state index contributed by atoms with van der Waals surface area (Å²) in [7, 11) is 0. The molecule has 3 fully saturated rings. The van der Waals surface area contributed by atoms with Crippen molar-refractivity contribution in [3.05, 3.63) is 0 Å². The highest BCUT2D eigenvalue weighted by atomic mass is 16.4. The Kier molecular flexibility index (Phi) is 17.0. The Bertz CT molecular complexity index is 1520. The predicted octanol–water partition coefficient (Wildman–Crippen LogP) is -3.25. The van der Waals surface area contributed by atoms with Crippen LogP contribution in [-0.2, 0) is 47.9 Å². The van der Waals surface area contributed by atoms with Gasteiger partial charge in [-0.05, 0) is 63.7 Å². The molecular weight excluding hydrogens is 738 g/mol. The third-order valence-corrected chi connectivity index (χ3v) is 10.0. The highest BCUT2D eigenvalue weighted by molar-refractivity contribution is 5.96. The summed E-state index contributed by atoms with van der Waals surface area (Å²) >= 11 is 0. The maximum Gasteiger partial charge on any atom is 0.326 e. The summed E-state index contributed by atoms with van der Waals surface area (Å²) < 4.78 is 0. The van der Waals surface area contributed by atoms with Crippen molar-refractivity contribution >= 4 is 59.2 Å². The summed E-state index contributed by atoms with van der Waals surface area (Å²) in [5.74, 6) is -7.69. The number of nitrogens with two attached hydrogens (primary N) is 2. The molecule has 0 aromatic heterocycles. The van der Waals surface area contributed by atoms with Gasteiger partial charge in [0.2, 0.25) is 47.3 Å². The molecule has 3 aliphatic rings. The molecule has 8 amide bonds. The lowest BCUT2D eigenvalue weighted by atomic mass is 10.0. The maximum absolute atomic E-state index is 13.5. The lowest BCUT2D eigenvalue weighted by molar-refractivity contribution is -0.151. The number of nitrogens with one attached hydrogen (secondary N) is 4. The number of hydrogen-bond donors (Lipinski definition) is 8. The van der Waals surface area contributed by atoms with Crippen molar-refractivity contribution in [2.24, 2.45) is 17.4 Å². The quantitative estimate of drug-likeness (QED) is 0.0601. The van der Waals surface area contributed by atoms with Gasteiger partial charge in [0.1, 0.15) is 30.2 Å². The van der Waals surface area contributed by atoms with Crippen LogP contribution in [0.25, 0.3) is 0 Å². The monoisotopic (exact) mass is 793 g/mol. The number of aliphatic carboxylic acids is 2. The first-order valence-corrected chi connectivity index (χ1v) is 18.9. The van der Waals surface area contributed by atoms with E-state index in [4.69, 9.17) is 16.6 Å². The van der Waals surface area contributed by atoms with E-state index in [0.29, 0.717) is 32.1 Å². The van der Waals surface area contributed by atoms with Crippen molar-refractivity contribution in [1.29, 1.82) is 0 Å². The van der Waals surface area contributed by atoms with Gasteiger partial charge in [-0.15, -0.1) is 0 Å². The second-order valence-electron chi connectivity index (χ2n) is 14.7. The molecule has 0 aromatic rings. The Labute approximate surface area is 323 Å². The van der Waals surface area contributed by atoms with Crippen molar-refractivity contribution in [3.8, 4) is 0 Å². The van der Waals surface area contributed by atoms with Crippen LogP contribution in [0.1, 0.15) is 84.5 Å². The van der Waals surface area contributed by atoms with Gasteiger partial charge < -0.3 is 57.6 Å². The summed E-state index contributed by atoms with van der Waals surface area (Å²) in [4.78, 5) is 130. The van der Waals surface area contributed by atoms with E-state index >= 15 is 0 Å². The summed E-state index contributed by atoms with van der Waals surface area (Å²) in [5, 5.41) is 28.4. The SMILES string of the molecule is CC(C)C[C@H](NC(=O)[C@@H](N)CCC(=O)O)C(=O)NCC(=O)N1CCC[C@H]1C(=O)N[C@@H](CCC(N)=O)C(=O)NCC(=O)N1CCC[C@H]1C(=O)N1CCC[C@H]1C(=O)O. The van der Waals surface area contributed by atoms with Crippen LogP contribution in [0.4, 0.5) is 0 Å². The van der Waals surface area contributed by atoms with Crippen LogP contribution in [0.2, 0.25) is 0 Å². The molecule has 21 heteroatoms. The molecule has 312 valence electrons. The van der Waals surface area contributed by atoms with Crippen LogP contribution in [-0.4, -0.2) is 153 Å². The van der Waals surface area contributed by atoms with E-state index in [2.05, 4.69) is 21.3 Å². The molecule has 3 saturated heterocycles. The van der Waals surface area contributed by atoms with Crippen molar-refractivity contribution in [1.82, 2.24) is 36.0 Å². The zero-order chi connectivity index (χ0) is 41.7. The molecule has 0 saturated carbocycles. The molecule has 3 aliphatic heterocycles. The Morgan fingerprint density at radius 3 is 1.71 bits per heavy atom. The van der Waals surface area contributed by atoms with Gasteiger partial charge in [-0.1, -0.05) is 13.8 Å². The van der Waals surface area contributed by atoms with Crippen LogP contribution < -0.4 is 32.7 Å². The molecular formula is C35H55N9O12.